The van der Waals surface area contributed by atoms with Gasteiger partial charge in [-0.3, -0.25) is 0 Å². The van der Waals surface area contributed by atoms with E-state index >= 15 is 0 Å². The number of carbonyl (C=O) groups excluding carboxylic acids is 1. The van der Waals surface area contributed by atoms with E-state index in [0.717, 1.165) is 16.7 Å². The number of rotatable bonds is 1. The summed E-state index contributed by atoms with van der Waals surface area (Å²) >= 11 is 0. The van der Waals surface area contributed by atoms with Gasteiger partial charge in [0.1, 0.15) is 0 Å². The van der Waals surface area contributed by atoms with Gasteiger partial charge in [-0.15, -0.1) is 0 Å². The molecule has 1 aliphatic heterocycles. The van der Waals surface area contributed by atoms with Crippen LogP contribution in [0.2, 0.25) is 0 Å². The molecule has 1 aliphatic rings. The third-order valence-electron chi connectivity index (χ3n) is 3.53. The number of ether oxygens (including phenoxy) is 1. The van der Waals surface area contributed by atoms with Crippen LogP contribution in [0, 0.1) is 6.92 Å². The minimum absolute atomic E-state index is 0.236. The molecule has 0 fully saturated rings. The molecule has 0 N–H and O–H groups in total. The molecule has 18 heavy (non-hydrogen) atoms. The van der Waals surface area contributed by atoms with Crippen LogP contribution in [-0.2, 0) is 10.3 Å². The standard InChI is InChI=1S/C16H14O2/c1-11-8-9-14-13(10-11)15(17)18-16(14,2)12-6-4-3-5-7-12/h3-10H,1-2H3. The summed E-state index contributed by atoms with van der Waals surface area (Å²) in [5.74, 6) is -0.236. The van der Waals surface area contributed by atoms with Crippen LogP contribution in [0.3, 0.4) is 0 Å². The number of benzene rings is 2. The lowest BCUT2D eigenvalue weighted by Crippen LogP contribution is -2.23. The number of fused-ring (bicyclic) bond motifs is 1. The molecular weight excluding hydrogens is 224 g/mol. The van der Waals surface area contributed by atoms with Crippen molar-refractivity contribution in [1.82, 2.24) is 0 Å². The van der Waals surface area contributed by atoms with Gasteiger partial charge in [0, 0.05) is 5.56 Å². The van der Waals surface area contributed by atoms with Gasteiger partial charge in [0.15, 0.2) is 5.60 Å². The summed E-state index contributed by atoms with van der Waals surface area (Å²) in [5, 5.41) is 0. The van der Waals surface area contributed by atoms with Crippen molar-refractivity contribution in [3.8, 4) is 0 Å². The Kier molecular flexibility index (Phi) is 2.27. The largest absolute Gasteiger partial charge is 0.446 e. The van der Waals surface area contributed by atoms with Gasteiger partial charge in [0.05, 0.1) is 5.56 Å². The van der Waals surface area contributed by atoms with E-state index in [1.54, 1.807) is 0 Å². The lowest BCUT2D eigenvalue weighted by Gasteiger charge is -2.24. The topological polar surface area (TPSA) is 26.3 Å². The van der Waals surface area contributed by atoms with Crippen LogP contribution < -0.4 is 0 Å². The Morgan fingerprint density at radius 3 is 2.50 bits per heavy atom. The molecule has 0 bridgehead atoms. The highest BCUT2D eigenvalue weighted by molar-refractivity contribution is 5.95. The Hall–Kier alpha value is -2.09. The first-order valence-electron chi connectivity index (χ1n) is 6.01. The predicted molar refractivity (Wildman–Crippen MR) is 69.5 cm³/mol. The molecule has 2 aromatic rings. The van der Waals surface area contributed by atoms with Crippen LogP contribution in [0.15, 0.2) is 48.5 Å². The smallest absolute Gasteiger partial charge is 0.339 e. The van der Waals surface area contributed by atoms with Crippen LogP contribution in [0.1, 0.15) is 34.0 Å². The number of aryl methyl sites for hydroxylation is 1. The average Bonchev–Trinajstić information content (AvgIpc) is 2.63. The number of hydrogen-bond donors (Lipinski definition) is 0. The number of carbonyl (C=O) groups is 1. The Bertz CT molecular complexity index is 616. The van der Waals surface area contributed by atoms with Gasteiger partial charge >= 0.3 is 5.97 Å². The van der Waals surface area contributed by atoms with E-state index in [0.29, 0.717) is 5.56 Å². The molecule has 0 aliphatic carbocycles. The fraction of sp³-hybridized carbons (Fsp3) is 0.188. The molecule has 0 spiro atoms. The molecule has 1 atom stereocenters. The van der Waals surface area contributed by atoms with Crippen molar-refractivity contribution in [2.45, 2.75) is 19.4 Å². The van der Waals surface area contributed by atoms with E-state index in [1.807, 2.05) is 62.4 Å². The van der Waals surface area contributed by atoms with E-state index < -0.39 is 5.60 Å². The van der Waals surface area contributed by atoms with E-state index in [9.17, 15) is 4.79 Å². The summed E-state index contributed by atoms with van der Waals surface area (Å²) in [7, 11) is 0. The SMILES string of the molecule is Cc1ccc2c(c1)C(=O)OC2(C)c1ccccc1. The second-order valence-electron chi connectivity index (χ2n) is 4.84. The van der Waals surface area contributed by atoms with Gasteiger partial charge in [-0.1, -0.05) is 48.0 Å². The summed E-state index contributed by atoms with van der Waals surface area (Å²) in [4.78, 5) is 12.0. The molecule has 2 nitrogen and oxygen atoms in total. The Labute approximate surface area is 106 Å². The van der Waals surface area contributed by atoms with E-state index in [4.69, 9.17) is 4.74 Å². The first-order valence-corrected chi connectivity index (χ1v) is 6.01. The maximum atomic E-state index is 12.0. The maximum Gasteiger partial charge on any atom is 0.339 e. The highest BCUT2D eigenvalue weighted by Crippen LogP contribution is 2.41. The molecule has 1 heterocycles. The van der Waals surface area contributed by atoms with Crippen molar-refractivity contribution in [2.24, 2.45) is 0 Å². The first-order chi connectivity index (χ1) is 8.61. The van der Waals surface area contributed by atoms with Gasteiger partial charge in [-0.05, 0) is 25.5 Å². The van der Waals surface area contributed by atoms with Crippen molar-refractivity contribution in [3.63, 3.8) is 0 Å². The quantitative estimate of drug-likeness (QED) is 0.711. The van der Waals surface area contributed by atoms with Gasteiger partial charge in [-0.2, -0.15) is 0 Å². The first kappa shape index (κ1) is 11.0. The second kappa shape index (κ2) is 3.70. The molecule has 0 radical (unpaired) electrons. The zero-order chi connectivity index (χ0) is 12.8. The fourth-order valence-electron chi connectivity index (χ4n) is 2.51. The van der Waals surface area contributed by atoms with Crippen LogP contribution >= 0.6 is 0 Å². The maximum absolute atomic E-state index is 12.0. The number of esters is 1. The molecule has 1 unspecified atom stereocenters. The molecule has 0 saturated carbocycles. The van der Waals surface area contributed by atoms with Gasteiger partial charge in [0.25, 0.3) is 0 Å². The third kappa shape index (κ3) is 1.46. The van der Waals surface area contributed by atoms with Gasteiger partial charge < -0.3 is 4.74 Å². The highest BCUT2D eigenvalue weighted by Gasteiger charge is 2.42. The van der Waals surface area contributed by atoms with Crippen LogP contribution in [-0.4, -0.2) is 5.97 Å². The second-order valence-corrected chi connectivity index (χ2v) is 4.84. The average molecular weight is 238 g/mol. The molecule has 2 heteroatoms. The fourth-order valence-corrected chi connectivity index (χ4v) is 2.51. The minimum Gasteiger partial charge on any atom is -0.446 e. The lowest BCUT2D eigenvalue weighted by atomic mass is 9.87. The third-order valence-corrected chi connectivity index (χ3v) is 3.53. The molecular formula is C16H14O2. The zero-order valence-corrected chi connectivity index (χ0v) is 10.4. The highest BCUT2D eigenvalue weighted by atomic mass is 16.6. The summed E-state index contributed by atoms with van der Waals surface area (Å²) in [6.07, 6.45) is 0. The monoisotopic (exact) mass is 238 g/mol. The minimum atomic E-state index is -0.665. The normalized spacial score (nSPS) is 21.6. The lowest BCUT2D eigenvalue weighted by molar-refractivity contribution is 0.0180. The predicted octanol–water partition coefficient (Wildman–Crippen LogP) is 3.43. The van der Waals surface area contributed by atoms with Crippen molar-refractivity contribution in [1.29, 1.82) is 0 Å². The van der Waals surface area contributed by atoms with Crippen LogP contribution in [0.5, 0.6) is 0 Å². The summed E-state index contributed by atoms with van der Waals surface area (Å²) < 4.78 is 5.62. The zero-order valence-electron chi connectivity index (χ0n) is 10.4. The van der Waals surface area contributed by atoms with E-state index in [2.05, 4.69) is 0 Å². The summed E-state index contributed by atoms with van der Waals surface area (Å²) in [5.41, 5.74) is 3.04. The molecule has 0 aromatic heterocycles. The van der Waals surface area contributed by atoms with Crippen molar-refractivity contribution < 1.29 is 9.53 Å². The van der Waals surface area contributed by atoms with Crippen LogP contribution in [0.25, 0.3) is 0 Å². The Morgan fingerprint density at radius 1 is 1.06 bits per heavy atom. The van der Waals surface area contributed by atoms with Gasteiger partial charge in [-0.25, -0.2) is 4.79 Å². The molecule has 90 valence electrons. The van der Waals surface area contributed by atoms with Crippen LogP contribution in [0.4, 0.5) is 0 Å². The molecule has 2 aromatic carbocycles. The molecule has 3 rings (SSSR count). The van der Waals surface area contributed by atoms with E-state index in [-0.39, 0.29) is 5.97 Å². The van der Waals surface area contributed by atoms with Crippen molar-refractivity contribution in [2.75, 3.05) is 0 Å². The number of cyclic esters (lactones) is 1. The Morgan fingerprint density at radius 2 is 1.78 bits per heavy atom. The van der Waals surface area contributed by atoms with Crippen molar-refractivity contribution in [3.05, 3.63) is 70.8 Å². The molecule has 0 amide bonds. The number of hydrogen-bond acceptors (Lipinski definition) is 2. The van der Waals surface area contributed by atoms with Gasteiger partial charge in [0.2, 0.25) is 0 Å². The van der Waals surface area contributed by atoms with E-state index in [1.165, 1.54) is 0 Å². The van der Waals surface area contributed by atoms with Crippen molar-refractivity contribution >= 4 is 5.97 Å². The summed E-state index contributed by atoms with van der Waals surface area (Å²) in [6.45, 7) is 3.92. The Balaban J connectivity index is 2.21. The summed E-state index contributed by atoms with van der Waals surface area (Å²) in [6, 6.07) is 15.8. The molecule has 0 saturated heterocycles.